The standard InChI is InChI=1S/C16H26N2O2S/c1-16(2,3)11-18(4)9-12(19)10-20-14-8-6-5-7-13(14)15(17)21/h5-8,12,19H,9-11H2,1-4H3,(H2,17,21). The molecule has 118 valence electrons. The third-order valence-corrected chi connectivity index (χ3v) is 3.07. The van der Waals surface area contributed by atoms with Crippen molar-refractivity contribution in [1.82, 2.24) is 4.90 Å². The summed E-state index contributed by atoms with van der Waals surface area (Å²) in [7, 11) is 2.00. The lowest BCUT2D eigenvalue weighted by atomic mass is 9.96. The quantitative estimate of drug-likeness (QED) is 0.755. The van der Waals surface area contributed by atoms with E-state index < -0.39 is 6.10 Å². The number of hydrogen-bond donors (Lipinski definition) is 2. The molecule has 0 amide bonds. The van der Waals surface area contributed by atoms with E-state index in [1.54, 1.807) is 6.07 Å². The normalized spacial score (nSPS) is 13.2. The summed E-state index contributed by atoms with van der Waals surface area (Å²) < 4.78 is 5.65. The number of likely N-dealkylation sites (N-methyl/N-ethyl adjacent to an activating group) is 1. The first-order chi connectivity index (χ1) is 9.69. The van der Waals surface area contributed by atoms with Crippen LogP contribution in [0.15, 0.2) is 24.3 Å². The highest BCUT2D eigenvalue weighted by atomic mass is 32.1. The second kappa shape index (κ2) is 7.73. The zero-order chi connectivity index (χ0) is 16.0. The van der Waals surface area contributed by atoms with E-state index in [2.05, 4.69) is 25.7 Å². The highest BCUT2D eigenvalue weighted by Gasteiger charge is 2.16. The second-order valence-electron chi connectivity index (χ2n) is 6.58. The highest BCUT2D eigenvalue weighted by Crippen LogP contribution is 2.18. The first-order valence-electron chi connectivity index (χ1n) is 7.07. The van der Waals surface area contributed by atoms with E-state index in [-0.39, 0.29) is 12.0 Å². The van der Waals surface area contributed by atoms with E-state index in [0.29, 0.717) is 22.8 Å². The summed E-state index contributed by atoms with van der Waals surface area (Å²) in [5, 5.41) is 10.1. The molecule has 1 aromatic rings. The average molecular weight is 310 g/mol. The molecule has 1 aromatic carbocycles. The molecule has 0 aromatic heterocycles. The van der Waals surface area contributed by atoms with Crippen molar-refractivity contribution in [3.63, 3.8) is 0 Å². The molecule has 3 N–H and O–H groups in total. The molecule has 0 saturated heterocycles. The predicted molar refractivity (Wildman–Crippen MR) is 90.8 cm³/mol. The second-order valence-corrected chi connectivity index (χ2v) is 7.02. The fraction of sp³-hybridized carbons (Fsp3) is 0.562. The Balaban J connectivity index is 2.50. The van der Waals surface area contributed by atoms with Gasteiger partial charge in [0.1, 0.15) is 23.4 Å². The summed E-state index contributed by atoms with van der Waals surface area (Å²) in [6, 6.07) is 7.33. The third kappa shape index (κ3) is 6.89. The van der Waals surface area contributed by atoms with Crippen LogP contribution in [0.25, 0.3) is 0 Å². The highest BCUT2D eigenvalue weighted by molar-refractivity contribution is 7.80. The summed E-state index contributed by atoms with van der Waals surface area (Å²) in [5.74, 6) is 0.613. The molecule has 0 fully saturated rings. The topological polar surface area (TPSA) is 58.7 Å². The van der Waals surface area contributed by atoms with Crippen molar-refractivity contribution in [3.05, 3.63) is 29.8 Å². The number of ether oxygens (including phenoxy) is 1. The van der Waals surface area contributed by atoms with E-state index in [0.717, 1.165) is 6.54 Å². The molecule has 21 heavy (non-hydrogen) atoms. The molecular formula is C16H26N2O2S. The summed E-state index contributed by atoms with van der Waals surface area (Å²) >= 11 is 4.99. The third-order valence-electron chi connectivity index (χ3n) is 2.85. The van der Waals surface area contributed by atoms with E-state index in [1.807, 2.05) is 25.2 Å². The van der Waals surface area contributed by atoms with Gasteiger partial charge < -0.3 is 20.5 Å². The van der Waals surface area contributed by atoms with E-state index in [9.17, 15) is 5.11 Å². The van der Waals surface area contributed by atoms with Crippen LogP contribution in [0.2, 0.25) is 0 Å². The van der Waals surface area contributed by atoms with Gasteiger partial charge in [0.05, 0.1) is 5.56 Å². The Labute approximate surface area is 132 Å². The van der Waals surface area contributed by atoms with Gasteiger partial charge in [-0.3, -0.25) is 0 Å². The number of benzene rings is 1. The van der Waals surface area contributed by atoms with Crippen LogP contribution in [0.5, 0.6) is 5.75 Å². The Morgan fingerprint density at radius 3 is 2.57 bits per heavy atom. The summed E-state index contributed by atoms with van der Waals surface area (Å²) in [5.41, 5.74) is 6.55. The van der Waals surface area contributed by atoms with Crippen LogP contribution in [0.3, 0.4) is 0 Å². The molecule has 0 bridgehead atoms. The zero-order valence-corrected chi connectivity index (χ0v) is 14.1. The molecular weight excluding hydrogens is 284 g/mol. The lowest BCUT2D eigenvalue weighted by Gasteiger charge is -2.28. The molecule has 0 radical (unpaired) electrons. The molecule has 0 aliphatic heterocycles. The summed E-state index contributed by atoms with van der Waals surface area (Å²) in [6.07, 6.45) is -0.559. The molecule has 0 heterocycles. The number of rotatable bonds is 7. The van der Waals surface area contributed by atoms with E-state index in [4.69, 9.17) is 22.7 Å². The molecule has 5 heteroatoms. The molecule has 0 spiro atoms. The number of para-hydroxylation sites is 1. The van der Waals surface area contributed by atoms with Crippen molar-refractivity contribution in [1.29, 1.82) is 0 Å². The molecule has 1 unspecified atom stereocenters. The summed E-state index contributed by atoms with van der Waals surface area (Å²) in [6.45, 7) is 8.20. The Hall–Kier alpha value is -1.17. The minimum absolute atomic E-state index is 0.202. The smallest absolute Gasteiger partial charge is 0.129 e. The first-order valence-corrected chi connectivity index (χ1v) is 7.48. The van der Waals surface area contributed by atoms with Crippen LogP contribution in [-0.4, -0.2) is 47.8 Å². The van der Waals surface area contributed by atoms with Gasteiger partial charge in [0.15, 0.2) is 0 Å². The maximum atomic E-state index is 10.1. The van der Waals surface area contributed by atoms with Crippen molar-refractivity contribution in [2.24, 2.45) is 11.1 Å². The van der Waals surface area contributed by atoms with Gasteiger partial charge in [-0.1, -0.05) is 45.1 Å². The van der Waals surface area contributed by atoms with Crippen molar-refractivity contribution in [2.45, 2.75) is 26.9 Å². The molecule has 0 aliphatic carbocycles. The van der Waals surface area contributed by atoms with Crippen molar-refractivity contribution >= 4 is 17.2 Å². The first kappa shape index (κ1) is 17.9. The Morgan fingerprint density at radius 1 is 1.38 bits per heavy atom. The van der Waals surface area contributed by atoms with Crippen LogP contribution in [0.1, 0.15) is 26.3 Å². The van der Waals surface area contributed by atoms with Crippen molar-refractivity contribution in [2.75, 3.05) is 26.7 Å². The lowest BCUT2D eigenvalue weighted by molar-refractivity contribution is 0.0667. The van der Waals surface area contributed by atoms with Crippen LogP contribution in [0, 0.1) is 5.41 Å². The monoisotopic (exact) mass is 310 g/mol. The van der Waals surface area contributed by atoms with Crippen molar-refractivity contribution in [3.8, 4) is 5.75 Å². The lowest BCUT2D eigenvalue weighted by Crippen LogP contribution is -2.37. The minimum atomic E-state index is -0.559. The molecule has 0 aliphatic rings. The van der Waals surface area contributed by atoms with Crippen LogP contribution >= 0.6 is 12.2 Å². The minimum Gasteiger partial charge on any atom is -0.490 e. The van der Waals surface area contributed by atoms with Gasteiger partial charge in [-0.05, 0) is 24.6 Å². The zero-order valence-electron chi connectivity index (χ0n) is 13.3. The van der Waals surface area contributed by atoms with Crippen LogP contribution in [-0.2, 0) is 0 Å². The number of nitrogens with two attached hydrogens (primary N) is 1. The van der Waals surface area contributed by atoms with E-state index in [1.165, 1.54) is 0 Å². The fourth-order valence-electron chi connectivity index (χ4n) is 2.27. The van der Waals surface area contributed by atoms with E-state index >= 15 is 0 Å². The van der Waals surface area contributed by atoms with Gasteiger partial charge >= 0.3 is 0 Å². The van der Waals surface area contributed by atoms with Gasteiger partial charge in [0.25, 0.3) is 0 Å². The SMILES string of the molecule is CN(CC(O)COc1ccccc1C(N)=S)CC(C)(C)C. The Kier molecular flexibility index (Phi) is 6.58. The Morgan fingerprint density at radius 2 is 2.00 bits per heavy atom. The van der Waals surface area contributed by atoms with Crippen molar-refractivity contribution < 1.29 is 9.84 Å². The average Bonchev–Trinajstić information content (AvgIpc) is 2.34. The van der Waals surface area contributed by atoms with Gasteiger partial charge in [-0.25, -0.2) is 0 Å². The van der Waals surface area contributed by atoms with Crippen LogP contribution < -0.4 is 10.5 Å². The molecule has 1 rings (SSSR count). The largest absolute Gasteiger partial charge is 0.490 e. The molecule has 4 nitrogen and oxygen atoms in total. The number of nitrogens with zero attached hydrogens (tertiary/aromatic N) is 1. The number of thiocarbonyl (C=S) groups is 1. The molecule has 0 saturated carbocycles. The summed E-state index contributed by atoms with van der Waals surface area (Å²) in [4.78, 5) is 2.40. The van der Waals surface area contributed by atoms with Gasteiger partial charge in [0, 0.05) is 13.1 Å². The Bertz CT molecular complexity index is 472. The number of aliphatic hydroxyl groups is 1. The predicted octanol–water partition coefficient (Wildman–Crippen LogP) is 2.04. The molecule has 1 atom stereocenters. The van der Waals surface area contributed by atoms with Gasteiger partial charge in [-0.15, -0.1) is 0 Å². The number of aliphatic hydroxyl groups excluding tert-OH is 1. The maximum absolute atomic E-state index is 10.1. The number of hydrogen-bond acceptors (Lipinski definition) is 4. The van der Waals surface area contributed by atoms with Gasteiger partial charge in [0.2, 0.25) is 0 Å². The fourth-order valence-corrected chi connectivity index (χ4v) is 2.44. The van der Waals surface area contributed by atoms with Gasteiger partial charge in [-0.2, -0.15) is 0 Å². The maximum Gasteiger partial charge on any atom is 0.129 e. The van der Waals surface area contributed by atoms with Crippen LogP contribution in [0.4, 0.5) is 0 Å².